The van der Waals surface area contributed by atoms with Gasteiger partial charge in [-0.25, -0.2) is 0 Å². The van der Waals surface area contributed by atoms with Gasteiger partial charge < -0.3 is 121 Å². The zero-order valence-corrected chi connectivity index (χ0v) is 50.8. The van der Waals surface area contributed by atoms with Crippen molar-refractivity contribution in [3.05, 3.63) is 37.0 Å². The predicted molar refractivity (Wildman–Crippen MR) is 315 cm³/mol. The van der Waals surface area contributed by atoms with E-state index >= 15 is 0 Å². The van der Waals surface area contributed by atoms with Gasteiger partial charge >= 0.3 is 0 Å². The summed E-state index contributed by atoms with van der Waals surface area (Å²) in [5.74, 6) is 0.642. The molecule has 3 aliphatic heterocycles. The Hall–Kier alpha value is -1.74. The summed E-state index contributed by atoms with van der Waals surface area (Å²) in [7, 11) is 0. The fourth-order valence-electron chi connectivity index (χ4n) is 12.3. The first kappa shape index (κ1) is 78.5. The van der Waals surface area contributed by atoms with Crippen LogP contribution in [0.1, 0.15) is 181 Å². The van der Waals surface area contributed by atoms with Gasteiger partial charge in [-0.1, -0.05) is 82.8 Å². The maximum atomic E-state index is 10.8. The molecule has 3 aliphatic rings. The van der Waals surface area contributed by atoms with Crippen LogP contribution in [0, 0.1) is 5.92 Å². The molecule has 0 amide bonds. The van der Waals surface area contributed by atoms with E-state index in [1.54, 1.807) is 0 Å². The SMILES string of the molecule is C=CC[C@@H](C)CCCC/C=C/[C@H](O)CCCCCC[C@@H]1C[C@@H](O)C[C@@H](C[C@@H](O)C[C@@H](O)C[C@@H](O)[C@H](O)[C@@H](O)[C@@H](O)[C@@H](O)[C@@H](O)[C@H](O)[C@@H](O)[C@H](O)[C@H](O)[C@@H](O)C[C@H](O)C[C@@H](O)C[C@@H]2C[C@@H](O)C[C@@H](C[C@@H](O)CC(=C)C[C@H](O)[C@@H]3C[C@@H](O)[C@H](CC)O3)O2)O1. The highest BCUT2D eigenvalue weighted by Gasteiger charge is 2.45. The molecule has 0 unspecified atom stereocenters. The van der Waals surface area contributed by atoms with E-state index in [9.17, 15) is 107 Å². The largest absolute Gasteiger partial charge is 0.393 e. The van der Waals surface area contributed by atoms with Crippen LogP contribution in [0.5, 0.6) is 0 Å². The Bertz CT molecular complexity index is 1840. The average Bonchev–Trinajstić information content (AvgIpc) is 3.97. The van der Waals surface area contributed by atoms with Gasteiger partial charge in [-0.15, -0.1) is 6.58 Å². The zero-order valence-electron chi connectivity index (χ0n) is 50.8. The lowest BCUT2D eigenvalue weighted by atomic mass is 9.88. The van der Waals surface area contributed by atoms with Crippen LogP contribution in [-0.2, 0) is 14.2 Å². The van der Waals surface area contributed by atoms with E-state index in [1.807, 2.05) is 19.1 Å². The second-order valence-electron chi connectivity index (χ2n) is 25.5. The minimum Gasteiger partial charge on any atom is -0.393 e. The molecule has 0 aliphatic carbocycles. The Kier molecular flexibility index (Phi) is 37.4. The summed E-state index contributed by atoms with van der Waals surface area (Å²) in [6, 6.07) is 0. The van der Waals surface area contributed by atoms with E-state index in [4.69, 9.17) is 14.2 Å². The van der Waals surface area contributed by atoms with Crippen LogP contribution >= 0.6 is 0 Å². The van der Waals surface area contributed by atoms with Gasteiger partial charge in [0.25, 0.3) is 0 Å². The van der Waals surface area contributed by atoms with Crippen LogP contribution in [0.3, 0.4) is 0 Å². The molecule has 21 N–H and O–H groups in total. The van der Waals surface area contributed by atoms with Crippen LogP contribution in [0.4, 0.5) is 0 Å². The Balaban J connectivity index is 1.35. The van der Waals surface area contributed by atoms with E-state index < -0.39 is 172 Å². The molecule has 3 saturated heterocycles. The number of aliphatic hydroxyl groups is 21. The molecular weight excluding hydrogens is 1130 g/mol. The molecule has 0 bridgehead atoms. The summed E-state index contributed by atoms with van der Waals surface area (Å²) in [6.07, 6.45) is -23.5. The highest BCUT2D eigenvalue weighted by molar-refractivity contribution is 5.02. The molecule has 3 fully saturated rings. The smallest absolute Gasteiger partial charge is 0.111 e. The van der Waals surface area contributed by atoms with E-state index in [1.165, 1.54) is 6.42 Å². The van der Waals surface area contributed by atoms with Crippen LogP contribution in [0.2, 0.25) is 0 Å². The number of hydrogen-bond donors (Lipinski definition) is 21. The van der Waals surface area contributed by atoms with E-state index in [2.05, 4.69) is 26.2 Å². The summed E-state index contributed by atoms with van der Waals surface area (Å²) in [6.45, 7) is 11.8. The molecule has 0 aromatic carbocycles. The fourth-order valence-corrected chi connectivity index (χ4v) is 12.3. The third kappa shape index (κ3) is 28.8. The minimum atomic E-state index is -2.62. The molecule has 506 valence electrons. The van der Waals surface area contributed by atoms with E-state index in [-0.39, 0.29) is 76.4 Å². The molecule has 24 nitrogen and oxygen atoms in total. The maximum Gasteiger partial charge on any atom is 0.111 e. The molecule has 3 rings (SSSR count). The number of aliphatic hydroxyl groups excluding tert-OH is 21. The summed E-state index contributed by atoms with van der Waals surface area (Å²) in [5.41, 5.74) is 0.547. The van der Waals surface area contributed by atoms with Gasteiger partial charge in [0.1, 0.15) is 54.9 Å². The predicted octanol–water partition coefficient (Wildman–Crippen LogP) is -1.04. The molecule has 24 heteroatoms. The van der Waals surface area contributed by atoms with Crippen molar-refractivity contribution >= 4 is 0 Å². The lowest BCUT2D eigenvalue weighted by molar-refractivity contribution is -0.196. The molecule has 0 spiro atoms. The van der Waals surface area contributed by atoms with Gasteiger partial charge in [0, 0.05) is 19.3 Å². The van der Waals surface area contributed by atoms with Crippen molar-refractivity contribution in [3.8, 4) is 0 Å². The monoisotopic (exact) mass is 1240 g/mol. The zero-order chi connectivity index (χ0) is 64.4. The second kappa shape index (κ2) is 41.0. The number of hydrogen-bond acceptors (Lipinski definition) is 24. The van der Waals surface area contributed by atoms with Crippen molar-refractivity contribution in [2.24, 2.45) is 5.92 Å². The quantitative estimate of drug-likeness (QED) is 0.0256. The minimum absolute atomic E-state index is 0.0268. The lowest BCUT2D eigenvalue weighted by Crippen LogP contribution is -2.59. The highest BCUT2D eigenvalue weighted by Crippen LogP contribution is 2.32. The Labute approximate surface area is 508 Å². The van der Waals surface area contributed by atoms with E-state index in [0.717, 1.165) is 51.4 Å². The topological polar surface area (TPSA) is 453 Å². The number of rotatable bonds is 45. The molecule has 0 aromatic rings. The van der Waals surface area contributed by atoms with Crippen LogP contribution in [-0.4, -0.2) is 272 Å². The Morgan fingerprint density at radius 2 is 0.930 bits per heavy atom. The van der Waals surface area contributed by atoms with Gasteiger partial charge in [0.2, 0.25) is 0 Å². The third-order valence-electron chi connectivity index (χ3n) is 17.3. The number of ether oxygens (including phenoxy) is 3. The second-order valence-corrected chi connectivity index (χ2v) is 25.5. The van der Waals surface area contributed by atoms with Crippen molar-refractivity contribution in [3.63, 3.8) is 0 Å². The van der Waals surface area contributed by atoms with Crippen LogP contribution < -0.4 is 0 Å². The van der Waals surface area contributed by atoms with Gasteiger partial charge in [-0.2, -0.15) is 0 Å². The first-order valence-electron chi connectivity index (χ1n) is 31.7. The maximum absolute atomic E-state index is 10.8. The van der Waals surface area contributed by atoms with Crippen molar-refractivity contribution in [1.82, 2.24) is 0 Å². The first-order valence-corrected chi connectivity index (χ1v) is 31.7. The van der Waals surface area contributed by atoms with Crippen molar-refractivity contribution < 1.29 is 121 Å². The molecular formula is C62H114O24. The first-order chi connectivity index (χ1) is 40.5. The van der Waals surface area contributed by atoms with Crippen LogP contribution in [0.25, 0.3) is 0 Å². The van der Waals surface area contributed by atoms with Crippen molar-refractivity contribution in [2.75, 3.05) is 0 Å². The van der Waals surface area contributed by atoms with E-state index in [0.29, 0.717) is 37.2 Å². The van der Waals surface area contributed by atoms with Crippen molar-refractivity contribution in [2.45, 2.75) is 346 Å². The normalized spacial score (nSPS) is 29.9. The summed E-state index contributed by atoms with van der Waals surface area (Å²) >= 11 is 0. The molecule has 0 radical (unpaired) electrons. The van der Waals surface area contributed by atoms with Gasteiger partial charge in [0.05, 0.1) is 110 Å². The number of unbranched alkanes of at least 4 members (excludes halogenated alkanes) is 5. The number of allylic oxidation sites excluding steroid dienone is 2. The molecule has 0 aromatic heterocycles. The van der Waals surface area contributed by atoms with Crippen LogP contribution in [0.15, 0.2) is 37.0 Å². The van der Waals surface area contributed by atoms with Gasteiger partial charge in [-0.05, 0) is 115 Å². The molecule has 3 heterocycles. The standard InChI is InChI=1S/C62H114O24/c1-5-15-34(3)16-11-7-8-12-17-36(63)18-13-9-10-14-19-44-24-42(69)28-45(84-44)26-38(65)22-40(67)31-50(73)54(75)56(77)58(79)60(81)62(83)61(82)59(80)57(78)55(76)51(74)32-41(68)23-39(66)27-47-30-43(70)29-46(85-47)25-37(64)20-35(4)21-48(71)53-33-49(72)52(6-2)86-53/h5,12,17,34,36-83H,1,4,6-11,13-16,18-33H2,2-3H3/b17-12+/t34-,36+,37+,38+,39-,40-,41-,42-,43+,44-,45-,46-,47-,48+,49-,50-,51+,52+,53+,54+,55-,56-,57-,58-,59+,60-,61-,62-/m1/s1. The third-order valence-corrected chi connectivity index (χ3v) is 17.3. The van der Waals surface area contributed by atoms with Gasteiger partial charge in [-0.3, -0.25) is 0 Å². The molecule has 0 saturated carbocycles. The Morgan fingerprint density at radius 1 is 0.488 bits per heavy atom. The fraction of sp³-hybridized carbons (Fsp3) is 0.903. The average molecular weight is 1240 g/mol. The van der Waals surface area contributed by atoms with Gasteiger partial charge in [0.15, 0.2) is 0 Å². The molecule has 86 heavy (non-hydrogen) atoms. The van der Waals surface area contributed by atoms with Crippen molar-refractivity contribution in [1.29, 1.82) is 0 Å². The molecule has 28 atom stereocenters. The summed E-state index contributed by atoms with van der Waals surface area (Å²) < 4.78 is 17.9. The Morgan fingerprint density at radius 3 is 1.41 bits per heavy atom. The lowest BCUT2D eigenvalue weighted by Gasteiger charge is -2.36. The summed E-state index contributed by atoms with van der Waals surface area (Å²) in [5, 5.41) is 223. The highest BCUT2D eigenvalue weighted by atomic mass is 16.5. The summed E-state index contributed by atoms with van der Waals surface area (Å²) in [4.78, 5) is 0.